The van der Waals surface area contributed by atoms with Crippen LogP contribution in [0.25, 0.3) is 0 Å². The third-order valence-electron chi connectivity index (χ3n) is 3.46. The molecule has 1 unspecified atom stereocenters. The van der Waals surface area contributed by atoms with Gasteiger partial charge in [-0.25, -0.2) is 0 Å². The van der Waals surface area contributed by atoms with Gasteiger partial charge < -0.3 is 9.84 Å². The molecule has 0 aliphatic carbocycles. The predicted molar refractivity (Wildman–Crippen MR) is 64.6 cm³/mol. The highest BCUT2D eigenvalue weighted by molar-refractivity contribution is 5.39. The van der Waals surface area contributed by atoms with E-state index in [4.69, 9.17) is 4.74 Å². The van der Waals surface area contributed by atoms with Crippen molar-refractivity contribution in [2.45, 2.75) is 38.7 Å². The standard InChI is InChI=1S/C14H20O2/c1-10(2)12-8-11(3)4-5-13(12)14(9-15)6-7-16-14/h4-5,8,10,15H,6-7,9H2,1-3H3. The van der Waals surface area contributed by atoms with Crippen LogP contribution in [0.1, 0.15) is 42.9 Å². The Bertz CT molecular complexity index is 373. The summed E-state index contributed by atoms with van der Waals surface area (Å²) in [5, 5.41) is 9.54. The van der Waals surface area contributed by atoms with Gasteiger partial charge in [0.05, 0.1) is 13.2 Å². The molecule has 1 aliphatic heterocycles. The molecular formula is C14H20O2. The highest BCUT2D eigenvalue weighted by Crippen LogP contribution is 2.40. The van der Waals surface area contributed by atoms with Crippen molar-refractivity contribution < 1.29 is 9.84 Å². The summed E-state index contributed by atoms with van der Waals surface area (Å²) >= 11 is 0. The van der Waals surface area contributed by atoms with Gasteiger partial charge in [-0.3, -0.25) is 0 Å². The molecule has 1 saturated heterocycles. The highest BCUT2D eigenvalue weighted by Gasteiger charge is 2.41. The zero-order chi connectivity index (χ0) is 11.8. The lowest BCUT2D eigenvalue weighted by atomic mass is 9.81. The molecule has 0 bridgehead atoms. The number of rotatable bonds is 3. The van der Waals surface area contributed by atoms with Crippen LogP contribution < -0.4 is 0 Å². The van der Waals surface area contributed by atoms with Crippen LogP contribution in [0, 0.1) is 6.92 Å². The molecule has 2 rings (SSSR count). The molecule has 0 aromatic heterocycles. The van der Waals surface area contributed by atoms with Crippen LogP contribution in [0.3, 0.4) is 0 Å². The molecule has 1 aromatic rings. The van der Waals surface area contributed by atoms with E-state index in [1.54, 1.807) is 0 Å². The Kier molecular flexibility index (Phi) is 3.04. The monoisotopic (exact) mass is 220 g/mol. The molecule has 1 heterocycles. The molecule has 2 heteroatoms. The summed E-state index contributed by atoms with van der Waals surface area (Å²) in [4.78, 5) is 0. The zero-order valence-corrected chi connectivity index (χ0v) is 10.3. The highest BCUT2D eigenvalue weighted by atomic mass is 16.5. The second-order valence-electron chi connectivity index (χ2n) is 5.00. The first-order chi connectivity index (χ1) is 7.59. The van der Waals surface area contributed by atoms with E-state index < -0.39 is 5.60 Å². The molecule has 1 atom stereocenters. The van der Waals surface area contributed by atoms with Gasteiger partial charge in [-0.2, -0.15) is 0 Å². The molecule has 0 radical (unpaired) electrons. The average molecular weight is 220 g/mol. The summed E-state index contributed by atoms with van der Waals surface area (Å²) in [5.41, 5.74) is 3.31. The van der Waals surface area contributed by atoms with Gasteiger partial charge in [-0.05, 0) is 24.0 Å². The van der Waals surface area contributed by atoms with Crippen molar-refractivity contribution in [1.82, 2.24) is 0 Å². The maximum atomic E-state index is 9.54. The van der Waals surface area contributed by atoms with E-state index in [1.165, 1.54) is 16.7 Å². The second kappa shape index (κ2) is 4.19. The van der Waals surface area contributed by atoms with E-state index in [2.05, 4.69) is 39.0 Å². The molecule has 1 aliphatic rings. The van der Waals surface area contributed by atoms with Gasteiger partial charge in [0.1, 0.15) is 5.60 Å². The predicted octanol–water partition coefficient (Wildman–Crippen LogP) is 2.73. The van der Waals surface area contributed by atoms with Crippen molar-refractivity contribution in [2.75, 3.05) is 13.2 Å². The molecule has 1 aromatic carbocycles. The Morgan fingerprint density at radius 1 is 1.44 bits per heavy atom. The minimum atomic E-state index is -0.423. The largest absolute Gasteiger partial charge is 0.393 e. The Labute approximate surface area is 97.3 Å². The third kappa shape index (κ3) is 1.76. The van der Waals surface area contributed by atoms with E-state index in [0.717, 1.165) is 13.0 Å². The van der Waals surface area contributed by atoms with Crippen LogP contribution in [0.4, 0.5) is 0 Å². The number of benzene rings is 1. The number of hydrogen-bond acceptors (Lipinski definition) is 2. The molecule has 16 heavy (non-hydrogen) atoms. The number of aryl methyl sites for hydroxylation is 1. The maximum absolute atomic E-state index is 9.54. The number of hydrogen-bond donors (Lipinski definition) is 1. The fourth-order valence-electron chi connectivity index (χ4n) is 2.35. The Morgan fingerprint density at radius 2 is 2.12 bits per heavy atom. The van der Waals surface area contributed by atoms with E-state index in [0.29, 0.717) is 5.92 Å². The molecule has 88 valence electrons. The smallest absolute Gasteiger partial charge is 0.118 e. The van der Waals surface area contributed by atoms with Crippen LogP contribution in [0.15, 0.2) is 18.2 Å². The Balaban J connectivity index is 2.47. The summed E-state index contributed by atoms with van der Waals surface area (Å²) in [6.45, 7) is 7.30. The molecule has 0 saturated carbocycles. The topological polar surface area (TPSA) is 29.5 Å². The van der Waals surface area contributed by atoms with Crippen LogP contribution in [-0.4, -0.2) is 18.3 Å². The van der Waals surface area contributed by atoms with Crippen molar-refractivity contribution in [3.05, 3.63) is 34.9 Å². The van der Waals surface area contributed by atoms with E-state index in [1.807, 2.05) is 0 Å². The van der Waals surface area contributed by atoms with E-state index in [9.17, 15) is 5.11 Å². The van der Waals surface area contributed by atoms with Gasteiger partial charge in [0.25, 0.3) is 0 Å². The summed E-state index contributed by atoms with van der Waals surface area (Å²) in [6.07, 6.45) is 0.923. The fourth-order valence-corrected chi connectivity index (χ4v) is 2.35. The number of ether oxygens (including phenoxy) is 1. The second-order valence-corrected chi connectivity index (χ2v) is 5.00. The molecule has 0 amide bonds. The van der Waals surface area contributed by atoms with Crippen molar-refractivity contribution in [2.24, 2.45) is 0 Å². The molecule has 1 N–H and O–H groups in total. The summed E-state index contributed by atoms with van der Waals surface area (Å²) in [7, 11) is 0. The van der Waals surface area contributed by atoms with Crippen molar-refractivity contribution in [3.8, 4) is 0 Å². The summed E-state index contributed by atoms with van der Waals surface area (Å²) < 4.78 is 5.63. The Morgan fingerprint density at radius 3 is 2.56 bits per heavy atom. The molecular weight excluding hydrogens is 200 g/mol. The molecule has 1 fully saturated rings. The first-order valence-corrected chi connectivity index (χ1v) is 5.95. The molecule has 0 spiro atoms. The lowest BCUT2D eigenvalue weighted by molar-refractivity contribution is -0.178. The third-order valence-corrected chi connectivity index (χ3v) is 3.46. The van der Waals surface area contributed by atoms with Crippen LogP contribution in [-0.2, 0) is 10.3 Å². The quantitative estimate of drug-likeness (QED) is 0.848. The van der Waals surface area contributed by atoms with Gasteiger partial charge in [-0.15, -0.1) is 0 Å². The van der Waals surface area contributed by atoms with Crippen molar-refractivity contribution >= 4 is 0 Å². The Hall–Kier alpha value is -0.860. The summed E-state index contributed by atoms with van der Waals surface area (Å²) in [6, 6.07) is 6.42. The van der Waals surface area contributed by atoms with Crippen LogP contribution in [0.5, 0.6) is 0 Å². The van der Waals surface area contributed by atoms with Crippen molar-refractivity contribution in [1.29, 1.82) is 0 Å². The fraction of sp³-hybridized carbons (Fsp3) is 0.571. The SMILES string of the molecule is Cc1ccc(C2(CO)CCO2)c(C(C)C)c1. The normalized spacial score (nSPS) is 24.6. The van der Waals surface area contributed by atoms with Gasteiger partial charge in [-0.1, -0.05) is 37.6 Å². The zero-order valence-electron chi connectivity index (χ0n) is 10.3. The lowest BCUT2D eigenvalue weighted by Gasteiger charge is -2.42. The maximum Gasteiger partial charge on any atom is 0.118 e. The van der Waals surface area contributed by atoms with E-state index >= 15 is 0 Å². The number of aliphatic hydroxyl groups excluding tert-OH is 1. The van der Waals surface area contributed by atoms with Gasteiger partial charge in [0, 0.05) is 6.42 Å². The van der Waals surface area contributed by atoms with E-state index in [-0.39, 0.29) is 6.61 Å². The first kappa shape index (κ1) is 11.6. The summed E-state index contributed by atoms with van der Waals surface area (Å²) in [5.74, 6) is 0.461. The van der Waals surface area contributed by atoms with Gasteiger partial charge in [0.15, 0.2) is 0 Å². The van der Waals surface area contributed by atoms with Crippen LogP contribution in [0.2, 0.25) is 0 Å². The minimum absolute atomic E-state index is 0.0791. The average Bonchev–Trinajstić information content (AvgIpc) is 2.19. The lowest BCUT2D eigenvalue weighted by Crippen LogP contribution is -2.44. The molecule has 2 nitrogen and oxygen atoms in total. The first-order valence-electron chi connectivity index (χ1n) is 5.95. The van der Waals surface area contributed by atoms with Gasteiger partial charge >= 0.3 is 0 Å². The minimum Gasteiger partial charge on any atom is -0.393 e. The van der Waals surface area contributed by atoms with Gasteiger partial charge in [0.2, 0.25) is 0 Å². The van der Waals surface area contributed by atoms with Crippen molar-refractivity contribution in [3.63, 3.8) is 0 Å². The number of aliphatic hydroxyl groups is 1. The van der Waals surface area contributed by atoms with Crippen LogP contribution >= 0.6 is 0 Å².